The van der Waals surface area contributed by atoms with Gasteiger partial charge in [0.15, 0.2) is 5.78 Å². The SMILES string of the molecule is Cc1nc(N2CCN(C)CC2)nc2c1C(=O)C[C@@H](c1ccc(F)cc1)C2. The van der Waals surface area contributed by atoms with E-state index in [4.69, 9.17) is 4.98 Å². The molecule has 1 saturated heterocycles. The Bertz CT molecular complexity index is 828. The topological polar surface area (TPSA) is 49.3 Å². The summed E-state index contributed by atoms with van der Waals surface area (Å²) in [5.74, 6) is 0.599. The molecule has 6 heteroatoms. The number of aromatic nitrogens is 2. The molecule has 1 aromatic heterocycles. The lowest BCUT2D eigenvalue weighted by molar-refractivity contribution is 0.0962. The van der Waals surface area contributed by atoms with E-state index in [9.17, 15) is 9.18 Å². The van der Waals surface area contributed by atoms with E-state index in [2.05, 4.69) is 21.8 Å². The van der Waals surface area contributed by atoms with Crippen LogP contribution in [0.3, 0.4) is 0 Å². The van der Waals surface area contributed by atoms with Crippen molar-refractivity contribution in [3.8, 4) is 0 Å². The highest BCUT2D eigenvalue weighted by molar-refractivity contribution is 5.99. The third-order valence-electron chi connectivity index (χ3n) is 5.43. The van der Waals surface area contributed by atoms with Gasteiger partial charge in [-0.15, -0.1) is 0 Å². The van der Waals surface area contributed by atoms with Crippen molar-refractivity contribution in [2.45, 2.75) is 25.7 Å². The molecule has 136 valence electrons. The van der Waals surface area contributed by atoms with Crippen LogP contribution in [-0.2, 0) is 6.42 Å². The number of nitrogens with zero attached hydrogens (tertiary/aromatic N) is 4. The first-order valence-corrected chi connectivity index (χ1v) is 9.11. The van der Waals surface area contributed by atoms with Crippen LogP contribution in [0, 0.1) is 12.7 Å². The number of hydrogen-bond acceptors (Lipinski definition) is 5. The first-order valence-electron chi connectivity index (χ1n) is 9.11. The Morgan fingerprint density at radius 2 is 1.73 bits per heavy atom. The number of piperazine rings is 1. The van der Waals surface area contributed by atoms with Crippen molar-refractivity contribution in [1.29, 1.82) is 0 Å². The fourth-order valence-corrected chi connectivity index (χ4v) is 3.88. The van der Waals surface area contributed by atoms with Gasteiger partial charge in [-0.05, 0) is 44.0 Å². The molecule has 2 heterocycles. The van der Waals surface area contributed by atoms with E-state index in [1.54, 1.807) is 12.1 Å². The van der Waals surface area contributed by atoms with E-state index in [0.29, 0.717) is 18.4 Å². The fourth-order valence-electron chi connectivity index (χ4n) is 3.88. The highest BCUT2D eigenvalue weighted by atomic mass is 19.1. The molecule has 0 saturated carbocycles. The molecule has 0 spiro atoms. The molecule has 5 nitrogen and oxygen atoms in total. The maximum atomic E-state index is 13.2. The number of carbonyl (C=O) groups is 1. The van der Waals surface area contributed by atoms with Gasteiger partial charge in [0.2, 0.25) is 5.95 Å². The second-order valence-electron chi connectivity index (χ2n) is 7.30. The zero-order valence-electron chi connectivity index (χ0n) is 15.2. The quantitative estimate of drug-likeness (QED) is 0.830. The summed E-state index contributed by atoms with van der Waals surface area (Å²) in [7, 11) is 2.11. The van der Waals surface area contributed by atoms with Gasteiger partial charge >= 0.3 is 0 Å². The number of halogens is 1. The van der Waals surface area contributed by atoms with Crippen molar-refractivity contribution >= 4 is 11.7 Å². The van der Waals surface area contributed by atoms with Crippen molar-refractivity contribution in [1.82, 2.24) is 14.9 Å². The molecule has 2 aliphatic rings. The third-order valence-corrected chi connectivity index (χ3v) is 5.43. The number of rotatable bonds is 2. The molecule has 26 heavy (non-hydrogen) atoms. The average molecular weight is 354 g/mol. The van der Waals surface area contributed by atoms with Gasteiger partial charge in [0.1, 0.15) is 5.82 Å². The molecule has 0 radical (unpaired) electrons. The summed E-state index contributed by atoms with van der Waals surface area (Å²) < 4.78 is 13.2. The van der Waals surface area contributed by atoms with Crippen molar-refractivity contribution < 1.29 is 9.18 Å². The van der Waals surface area contributed by atoms with Crippen molar-refractivity contribution in [3.05, 3.63) is 52.6 Å². The minimum Gasteiger partial charge on any atom is -0.338 e. The van der Waals surface area contributed by atoms with Crippen LogP contribution in [0.1, 0.15) is 39.6 Å². The van der Waals surface area contributed by atoms with Gasteiger partial charge in [-0.1, -0.05) is 12.1 Å². The zero-order chi connectivity index (χ0) is 18.3. The molecule has 0 bridgehead atoms. The van der Waals surface area contributed by atoms with Gasteiger partial charge in [-0.25, -0.2) is 14.4 Å². The summed E-state index contributed by atoms with van der Waals surface area (Å²) in [6.45, 7) is 5.65. The van der Waals surface area contributed by atoms with Crippen molar-refractivity contribution in [2.24, 2.45) is 0 Å². The van der Waals surface area contributed by atoms with E-state index < -0.39 is 0 Å². The minimum absolute atomic E-state index is 0.0465. The lowest BCUT2D eigenvalue weighted by Crippen LogP contribution is -2.45. The molecule has 4 rings (SSSR count). The summed E-state index contributed by atoms with van der Waals surface area (Å²) in [4.78, 5) is 26.6. The standard InChI is InChI=1S/C20H23FN4O/c1-13-19-17(23-20(22-13)25-9-7-24(2)8-10-25)11-15(12-18(19)26)14-3-5-16(21)6-4-14/h3-6,15H,7-12H2,1-2H3/t15-/m0/s1. The summed E-state index contributed by atoms with van der Waals surface area (Å²) in [6.07, 6.45) is 1.12. The van der Waals surface area contributed by atoms with Crippen LogP contribution in [0.2, 0.25) is 0 Å². The van der Waals surface area contributed by atoms with Crippen LogP contribution in [0.5, 0.6) is 0 Å². The Balaban J connectivity index is 1.65. The normalized spacial score (nSPS) is 21.0. The molecule has 1 atom stereocenters. The van der Waals surface area contributed by atoms with E-state index in [0.717, 1.165) is 49.1 Å². The first kappa shape index (κ1) is 17.1. The molecule has 1 fully saturated rings. The lowest BCUT2D eigenvalue weighted by Gasteiger charge is -2.33. The molecular weight excluding hydrogens is 331 g/mol. The maximum Gasteiger partial charge on any atom is 0.225 e. The van der Waals surface area contributed by atoms with Crippen molar-refractivity contribution in [2.75, 3.05) is 38.1 Å². The summed E-state index contributed by atoms with van der Waals surface area (Å²) >= 11 is 0. The first-order chi connectivity index (χ1) is 12.5. The Morgan fingerprint density at radius 1 is 1.04 bits per heavy atom. The van der Waals surface area contributed by atoms with Crippen LogP contribution < -0.4 is 4.90 Å². The number of benzene rings is 1. The Labute approximate surface area is 152 Å². The Morgan fingerprint density at radius 3 is 2.42 bits per heavy atom. The summed E-state index contributed by atoms with van der Waals surface area (Å²) in [5.41, 5.74) is 3.27. The highest BCUT2D eigenvalue weighted by Crippen LogP contribution is 2.33. The Kier molecular flexibility index (Phi) is 4.44. The van der Waals surface area contributed by atoms with Crippen LogP contribution in [-0.4, -0.2) is 53.9 Å². The van der Waals surface area contributed by atoms with Gasteiger partial charge in [0.25, 0.3) is 0 Å². The number of aryl methyl sites for hydroxylation is 1. The second-order valence-corrected chi connectivity index (χ2v) is 7.30. The molecular formula is C20H23FN4O. The van der Waals surface area contributed by atoms with E-state index >= 15 is 0 Å². The number of anilines is 1. The van der Waals surface area contributed by atoms with E-state index in [-0.39, 0.29) is 17.5 Å². The lowest BCUT2D eigenvalue weighted by atomic mass is 9.81. The van der Waals surface area contributed by atoms with Gasteiger partial charge in [0, 0.05) is 32.6 Å². The van der Waals surface area contributed by atoms with Crippen LogP contribution in [0.25, 0.3) is 0 Å². The number of fused-ring (bicyclic) bond motifs is 1. The number of likely N-dealkylation sites (N-methyl/N-ethyl adjacent to an activating group) is 1. The number of ketones is 1. The predicted molar refractivity (Wildman–Crippen MR) is 98.3 cm³/mol. The third kappa shape index (κ3) is 3.21. The molecule has 1 aliphatic heterocycles. The summed E-state index contributed by atoms with van der Waals surface area (Å²) in [5, 5.41) is 0. The predicted octanol–water partition coefficient (Wildman–Crippen LogP) is 2.59. The molecule has 1 aromatic carbocycles. The van der Waals surface area contributed by atoms with Gasteiger partial charge in [0.05, 0.1) is 17.0 Å². The smallest absolute Gasteiger partial charge is 0.225 e. The largest absolute Gasteiger partial charge is 0.338 e. The average Bonchev–Trinajstić information content (AvgIpc) is 2.62. The van der Waals surface area contributed by atoms with Gasteiger partial charge in [-0.3, -0.25) is 4.79 Å². The minimum atomic E-state index is -0.258. The van der Waals surface area contributed by atoms with Gasteiger partial charge < -0.3 is 9.80 Å². The molecule has 2 aromatic rings. The van der Waals surface area contributed by atoms with E-state index in [1.807, 2.05) is 6.92 Å². The molecule has 1 aliphatic carbocycles. The van der Waals surface area contributed by atoms with Gasteiger partial charge in [-0.2, -0.15) is 0 Å². The van der Waals surface area contributed by atoms with E-state index in [1.165, 1.54) is 12.1 Å². The van der Waals surface area contributed by atoms with Crippen molar-refractivity contribution in [3.63, 3.8) is 0 Å². The zero-order valence-corrected chi connectivity index (χ0v) is 15.2. The molecule has 0 amide bonds. The van der Waals surface area contributed by atoms with Crippen LogP contribution >= 0.6 is 0 Å². The molecule has 0 unspecified atom stereocenters. The number of carbonyl (C=O) groups excluding carboxylic acids is 1. The number of Topliss-reactive ketones (excluding diaryl/α,β-unsaturated/α-hetero) is 1. The monoisotopic (exact) mass is 354 g/mol. The fraction of sp³-hybridized carbons (Fsp3) is 0.450. The Hall–Kier alpha value is -2.34. The molecule has 0 N–H and O–H groups in total. The second kappa shape index (κ2) is 6.76. The highest BCUT2D eigenvalue weighted by Gasteiger charge is 2.31. The van der Waals surface area contributed by atoms with Crippen LogP contribution in [0.4, 0.5) is 10.3 Å². The maximum absolute atomic E-state index is 13.2. The van der Waals surface area contributed by atoms with Crippen LogP contribution in [0.15, 0.2) is 24.3 Å². The summed E-state index contributed by atoms with van der Waals surface area (Å²) in [6, 6.07) is 6.45. The number of hydrogen-bond donors (Lipinski definition) is 0.